The Morgan fingerprint density at radius 3 is 2.58 bits per heavy atom. The van der Waals surface area contributed by atoms with Gasteiger partial charge in [-0.05, 0) is 44.0 Å². The summed E-state index contributed by atoms with van der Waals surface area (Å²) in [7, 11) is 0. The molecule has 0 bridgehead atoms. The molecule has 0 atom stereocenters. The van der Waals surface area contributed by atoms with Crippen molar-refractivity contribution in [1.29, 1.82) is 0 Å². The molecule has 1 aromatic carbocycles. The van der Waals surface area contributed by atoms with Crippen LogP contribution in [-0.4, -0.2) is 22.7 Å². The van der Waals surface area contributed by atoms with Gasteiger partial charge in [0.25, 0.3) is 0 Å². The third-order valence-electron chi connectivity index (χ3n) is 2.73. The number of carbonyl (C=O) groups excluding carboxylic acids is 1. The predicted molar refractivity (Wildman–Crippen MR) is 74.6 cm³/mol. The van der Waals surface area contributed by atoms with E-state index in [9.17, 15) is 9.90 Å². The Bertz CT molecular complexity index is 596. The second-order valence-electron chi connectivity index (χ2n) is 4.22. The lowest BCUT2D eigenvalue weighted by molar-refractivity contribution is 0.0520. The van der Waals surface area contributed by atoms with E-state index in [1.165, 1.54) is 11.3 Å². The molecule has 0 amide bonds. The lowest BCUT2D eigenvalue weighted by Crippen LogP contribution is -2.04. The lowest BCUT2D eigenvalue weighted by Gasteiger charge is -2.05. The summed E-state index contributed by atoms with van der Waals surface area (Å²) in [5.41, 5.74) is 2.81. The van der Waals surface area contributed by atoms with Crippen LogP contribution in [0, 0.1) is 13.8 Å². The van der Waals surface area contributed by atoms with Crippen LogP contribution in [0.15, 0.2) is 17.5 Å². The maximum atomic E-state index is 11.6. The Kier molecular flexibility index (Phi) is 3.85. The first-order chi connectivity index (χ1) is 9.02. The number of hydrogen-bond donors (Lipinski definition) is 1. The first-order valence-electron chi connectivity index (χ1n) is 5.96. The number of hydrogen-bond acceptors (Lipinski definition) is 5. The van der Waals surface area contributed by atoms with Gasteiger partial charge in [0, 0.05) is 10.9 Å². The molecule has 0 saturated carbocycles. The molecular formula is C14H15NO3S. The summed E-state index contributed by atoms with van der Waals surface area (Å²) in [6, 6.07) is 3.71. The van der Waals surface area contributed by atoms with E-state index in [2.05, 4.69) is 4.98 Å². The number of nitrogens with zero attached hydrogens (tertiary/aromatic N) is 1. The number of phenolic OH excluding ortho intramolecular Hbond substituents is 1. The zero-order valence-electron chi connectivity index (χ0n) is 11.1. The molecule has 0 saturated heterocycles. The number of esters is 1. The summed E-state index contributed by atoms with van der Waals surface area (Å²) in [6.45, 7) is 5.78. The molecule has 5 heteroatoms. The van der Waals surface area contributed by atoms with E-state index in [0.717, 1.165) is 21.7 Å². The minimum absolute atomic E-state index is 0.297. The van der Waals surface area contributed by atoms with Crippen molar-refractivity contribution in [2.45, 2.75) is 20.8 Å². The Morgan fingerprint density at radius 1 is 1.37 bits per heavy atom. The fourth-order valence-corrected chi connectivity index (χ4v) is 2.56. The summed E-state index contributed by atoms with van der Waals surface area (Å²) < 4.78 is 4.91. The standard InChI is InChI=1S/C14H15NO3S/c1-4-18-14(17)11-7-19-13(15-11)10-5-8(2)12(16)9(3)6-10/h5-7,16H,4H2,1-3H3. The predicted octanol–water partition coefficient (Wildman–Crippen LogP) is 3.31. The normalized spacial score (nSPS) is 10.5. The Hall–Kier alpha value is -1.88. The first-order valence-corrected chi connectivity index (χ1v) is 6.84. The molecule has 0 spiro atoms. The van der Waals surface area contributed by atoms with Gasteiger partial charge in [-0.15, -0.1) is 11.3 Å². The van der Waals surface area contributed by atoms with Crippen LogP contribution in [0.1, 0.15) is 28.5 Å². The second kappa shape index (κ2) is 5.40. The number of ether oxygens (including phenoxy) is 1. The van der Waals surface area contributed by atoms with E-state index in [4.69, 9.17) is 4.74 Å². The van der Waals surface area contributed by atoms with Crippen molar-refractivity contribution in [2.24, 2.45) is 0 Å². The Balaban J connectivity index is 2.35. The number of carbonyl (C=O) groups is 1. The summed E-state index contributed by atoms with van der Waals surface area (Å²) in [4.78, 5) is 15.8. The topological polar surface area (TPSA) is 59.4 Å². The van der Waals surface area contributed by atoms with Gasteiger partial charge < -0.3 is 9.84 Å². The van der Waals surface area contributed by atoms with Gasteiger partial charge in [0.05, 0.1) is 6.61 Å². The summed E-state index contributed by atoms with van der Waals surface area (Å²) >= 11 is 1.39. The molecule has 0 aliphatic carbocycles. The zero-order valence-corrected chi connectivity index (χ0v) is 11.9. The van der Waals surface area contributed by atoms with Gasteiger partial charge in [0.1, 0.15) is 10.8 Å². The minimum Gasteiger partial charge on any atom is -0.507 e. The molecule has 0 unspecified atom stereocenters. The van der Waals surface area contributed by atoms with E-state index in [1.807, 2.05) is 26.0 Å². The summed E-state index contributed by atoms with van der Waals surface area (Å²) in [6.07, 6.45) is 0. The van der Waals surface area contributed by atoms with Gasteiger partial charge in [0.15, 0.2) is 5.69 Å². The molecule has 100 valence electrons. The highest BCUT2D eigenvalue weighted by molar-refractivity contribution is 7.13. The first kappa shape index (κ1) is 13.5. The highest BCUT2D eigenvalue weighted by Gasteiger charge is 2.14. The molecule has 0 fully saturated rings. The number of aromatic hydroxyl groups is 1. The number of aromatic nitrogens is 1. The maximum absolute atomic E-state index is 11.6. The van der Waals surface area contributed by atoms with Crippen LogP contribution in [0.3, 0.4) is 0 Å². The van der Waals surface area contributed by atoms with Gasteiger partial charge in [-0.3, -0.25) is 0 Å². The van der Waals surface area contributed by atoms with Crippen molar-refractivity contribution >= 4 is 17.3 Å². The molecule has 2 aromatic rings. The number of rotatable bonds is 3. The van der Waals surface area contributed by atoms with Crippen LogP contribution < -0.4 is 0 Å². The number of phenols is 1. The third kappa shape index (κ3) is 2.76. The highest BCUT2D eigenvalue weighted by atomic mass is 32.1. The molecule has 1 aromatic heterocycles. The van der Waals surface area contributed by atoms with Crippen molar-refractivity contribution in [2.75, 3.05) is 6.61 Å². The maximum Gasteiger partial charge on any atom is 0.357 e. The SMILES string of the molecule is CCOC(=O)c1csc(-c2cc(C)c(O)c(C)c2)n1. The van der Waals surface area contributed by atoms with Crippen molar-refractivity contribution in [3.05, 3.63) is 34.3 Å². The fraction of sp³-hybridized carbons (Fsp3) is 0.286. The largest absolute Gasteiger partial charge is 0.507 e. The number of benzene rings is 1. The molecule has 0 aliphatic heterocycles. The van der Waals surface area contributed by atoms with Crippen LogP contribution in [-0.2, 0) is 4.74 Å². The van der Waals surface area contributed by atoms with Crippen LogP contribution in [0.25, 0.3) is 10.6 Å². The average Bonchev–Trinajstić information content (AvgIpc) is 2.85. The molecule has 19 heavy (non-hydrogen) atoms. The highest BCUT2D eigenvalue weighted by Crippen LogP contribution is 2.30. The minimum atomic E-state index is -0.405. The van der Waals surface area contributed by atoms with E-state index < -0.39 is 5.97 Å². The molecule has 0 aliphatic rings. The Morgan fingerprint density at radius 2 is 2.00 bits per heavy atom. The zero-order chi connectivity index (χ0) is 14.0. The number of thiazole rings is 1. The van der Waals surface area contributed by atoms with Crippen LogP contribution in [0.4, 0.5) is 0 Å². The van der Waals surface area contributed by atoms with Crippen LogP contribution in [0.2, 0.25) is 0 Å². The van der Waals surface area contributed by atoms with Crippen LogP contribution in [0.5, 0.6) is 5.75 Å². The smallest absolute Gasteiger partial charge is 0.357 e. The molecule has 1 N–H and O–H groups in total. The quantitative estimate of drug-likeness (QED) is 0.874. The van der Waals surface area contributed by atoms with Crippen molar-refractivity contribution in [3.8, 4) is 16.3 Å². The molecule has 1 heterocycles. The van der Waals surface area contributed by atoms with Gasteiger partial charge in [-0.2, -0.15) is 0 Å². The molecule has 0 radical (unpaired) electrons. The second-order valence-corrected chi connectivity index (χ2v) is 5.08. The summed E-state index contributed by atoms with van der Waals surface area (Å²) in [5.74, 6) is -0.108. The van der Waals surface area contributed by atoms with Gasteiger partial charge >= 0.3 is 5.97 Å². The van der Waals surface area contributed by atoms with Crippen LogP contribution >= 0.6 is 11.3 Å². The Labute approximate surface area is 115 Å². The van der Waals surface area contributed by atoms with Gasteiger partial charge in [0.2, 0.25) is 0 Å². The van der Waals surface area contributed by atoms with E-state index in [1.54, 1.807) is 12.3 Å². The van der Waals surface area contributed by atoms with E-state index in [0.29, 0.717) is 18.1 Å². The van der Waals surface area contributed by atoms with Crippen molar-refractivity contribution < 1.29 is 14.6 Å². The monoisotopic (exact) mass is 277 g/mol. The average molecular weight is 277 g/mol. The van der Waals surface area contributed by atoms with E-state index in [-0.39, 0.29) is 0 Å². The summed E-state index contributed by atoms with van der Waals surface area (Å²) in [5, 5.41) is 12.2. The van der Waals surface area contributed by atoms with E-state index >= 15 is 0 Å². The van der Waals surface area contributed by atoms with Gasteiger partial charge in [-0.25, -0.2) is 9.78 Å². The molecular weight excluding hydrogens is 262 g/mol. The third-order valence-corrected chi connectivity index (χ3v) is 3.62. The number of aryl methyl sites for hydroxylation is 2. The van der Waals surface area contributed by atoms with Gasteiger partial charge in [-0.1, -0.05) is 0 Å². The molecule has 2 rings (SSSR count). The van der Waals surface area contributed by atoms with Crippen molar-refractivity contribution in [1.82, 2.24) is 4.98 Å². The lowest BCUT2D eigenvalue weighted by atomic mass is 10.1. The van der Waals surface area contributed by atoms with Crippen molar-refractivity contribution in [3.63, 3.8) is 0 Å². The molecule has 4 nitrogen and oxygen atoms in total. The fourth-order valence-electron chi connectivity index (χ4n) is 1.78.